The molecule has 1 heterocycles. The van der Waals surface area contributed by atoms with Crippen LogP contribution in [0.25, 0.3) is 0 Å². The molecule has 1 aromatic rings. The number of nitrogens with zero attached hydrogens (tertiary/aromatic N) is 1. The number of rotatable bonds is 2. The maximum Gasteiger partial charge on any atom is 0.134 e. The average Bonchev–Trinajstić information content (AvgIpc) is 2.34. The molecule has 0 saturated heterocycles. The normalized spacial score (nSPS) is 13.5. The van der Waals surface area contributed by atoms with E-state index in [1.54, 1.807) is 13.0 Å². The smallest absolute Gasteiger partial charge is 0.134 e. The van der Waals surface area contributed by atoms with E-state index in [0.29, 0.717) is 11.5 Å². The minimum Gasteiger partial charge on any atom is -0.393 e. The molecule has 0 saturated carbocycles. The first-order valence-corrected chi connectivity index (χ1v) is 2.96. The molecule has 0 fully saturated rings. The number of hydrogen-bond acceptors (Lipinski definition) is 4. The summed E-state index contributed by atoms with van der Waals surface area (Å²) in [5.41, 5.74) is 0.375. The maximum atomic E-state index is 8.97. The summed E-state index contributed by atoms with van der Waals surface area (Å²) in [5, 5.41) is 20.9. The molecule has 0 bridgehead atoms. The minimum atomic E-state index is -0.919. The second-order valence-electron chi connectivity index (χ2n) is 2.06. The highest BCUT2D eigenvalue weighted by atomic mass is 16.5. The molecule has 0 aliphatic rings. The van der Waals surface area contributed by atoms with E-state index in [1.165, 1.54) is 0 Å². The molecule has 0 aliphatic carbocycles. The van der Waals surface area contributed by atoms with Gasteiger partial charge in [-0.15, -0.1) is 0 Å². The highest BCUT2D eigenvalue weighted by molar-refractivity contribution is 5.06. The zero-order valence-corrected chi connectivity index (χ0v) is 5.61. The first-order chi connectivity index (χ1) is 4.74. The predicted octanol–water partition coefficient (Wildman–Crippen LogP) is 0.00872. The summed E-state index contributed by atoms with van der Waals surface area (Å²) in [6.07, 6.45) is -0.919. The Hall–Kier alpha value is -0.870. The van der Waals surface area contributed by atoms with Gasteiger partial charge in [0.15, 0.2) is 0 Å². The Balaban J connectivity index is 2.74. The predicted molar refractivity (Wildman–Crippen MR) is 33.3 cm³/mol. The molecule has 0 amide bonds. The van der Waals surface area contributed by atoms with Gasteiger partial charge in [0.1, 0.15) is 17.6 Å². The molecule has 0 aromatic carbocycles. The third-order valence-electron chi connectivity index (χ3n) is 1.16. The van der Waals surface area contributed by atoms with Crippen LogP contribution in [-0.2, 0) is 0 Å². The van der Waals surface area contributed by atoms with Gasteiger partial charge in [0, 0.05) is 6.07 Å². The summed E-state index contributed by atoms with van der Waals surface area (Å²) in [7, 11) is 0. The van der Waals surface area contributed by atoms with Gasteiger partial charge in [-0.1, -0.05) is 5.16 Å². The van der Waals surface area contributed by atoms with Crippen molar-refractivity contribution in [2.75, 3.05) is 6.61 Å². The lowest BCUT2D eigenvalue weighted by Crippen LogP contribution is -2.01. The summed E-state index contributed by atoms with van der Waals surface area (Å²) in [6, 6.07) is 1.58. The molecule has 1 atom stereocenters. The van der Waals surface area contributed by atoms with Crippen molar-refractivity contribution in [3.8, 4) is 0 Å². The second-order valence-corrected chi connectivity index (χ2v) is 2.06. The van der Waals surface area contributed by atoms with Crippen LogP contribution >= 0.6 is 0 Å². The molecule has 0 radical (unpaired) electrons. The van der Waals surface area contributed by atoms with Crippen LogP contribution in [0.2, 0.25) is 0 Å². The van der Waals surface area contributed by atoms with Gasteiger partial charge in [-0.25, -0.2) is 0 Å². The number of aliphatic hydroxyl groups is 2. The standard InChI is InChI=1S/C6H9NO3/c1-4-2-5(7-10-4)6(9)3-8/h2,6,8-9H,3H2,1H3. The van der Waals surface area contributed by atoms with Crippen molar-refractivity contribution in [2.24, 2.45) is 0 Å². The minimum absolute atomic E-state index is 0.327. The summed E-state index contributed by atoms with van der Waals surface area (Å²) >= 11 is 0. The van der Waals surface area contributed by atoms with Gasteiger partial charge >= 0.3 is 0 Å². The van der Waals surface area contributed by atoms with Crippen molar-refractivity contribution in [2.45, 2.75) is 13.0 Å². The first-order valence-electron chi connectivity index (χ1n) is 2.96. The number of aliphatic hydroxyl groups excluding tert-OH is 2. The molecule has 0 spiro atoms. The molecule has 1 unspecified atom stereocenters. The van der Waals surface area contributed by atoms with Crippen molar-refractivity contribution in [3.63, 3.8) is 0 Å². The Morgan fingerprint density at radius 2 is 2.50 bits per heavy atom. The molecule has 1 rings (SSSR count). The van der Waals surface area contributed by atoms with Crippen molar-refractivity contribution in [3.05, 3.63) is 17.5 Å². The molecule has 4 nitrogen and oxygen atoms in total. The highest BCUT2D eigenvalue weighted by Gasteiger charge is 2.09. The lowest BCUT2D eigenvalue weighted by Gasteiger charge is -1.98. The van der Waals surface area contributed by atoms with Crippen molar-refractivity contribution in [1.29, 1.82) is 0 Å². The highest BCUT2D eigenvalue weighted by Crippen LogP contribution is 2.10. The van der Waals surface area contributed by atoms with Crippen LogP contribution in [0.1, 0.15) is 17.6 Å². The fourth-order valence-corrected chi connectivity index (χ4v) is 0.636. The molecule has 10 heavy (non-hydrogen) atoms. The molecule has 1 aromatic heterocycles. The van der Waals surface area contributed by atoms with Crippen LogP contribution in [0.5, 0.6) is 0 Å². The van der Waals surface area contributed by atoms with Crippen LogP contribution in [-0.4, -0.2) is 22.0 Å². The Kier molecular flexibility index (Phi) is 2.03. The second kappa shape index (κ2) is 2.81. The number of aryl methyl sites for hydroxylation is 1. The van der Waals surface area contributed by atoms with E-state index in [-0.39, 0.29) is 6.61 Å². The van der Waals surface area contributed by atoms with E-state index < -0.39 is 6.10 Å². The average molecular weight is 143 g/mol. The van der Waals surface area contributed by atoms with E-state index in [0.717, 1.165) is 0 Å². The van der Waals surface area contributed by atoms with Gasteiger partial charge in [0.05, 0.1) is 6.61 Å². The van der Waals surface area contributed by atoms with Crippen LogP contribution in [0.3, 0.4) is 0 Å². The molecule has 0 aliphatic heterocycles. The molecular formula is C6H9NO3. The first kappa shape index (κ1) is 7.24. The zero-order chi connectivity index (χ0) is 7.56. The Labute approximate surface area is 58.1 Å². The molecular weight excluding hydrogens is 134 g/mol. The van der Waals surface area contributed by atoms with Crippen LogP contribution < -0.4 is 0 Å². The van der Waals surface area contributed by atoms with Crippen molar-refractivity contribution in [1.82, 2.24) is 5.16 Å². The van der Waals surface area contributed by atoms with Gasteiger partial charge in [-0.2, -0.15) is 0 Å². The lowest BCUT2D eigenvalue weighted by atomic mass is 10.2. The summed E-state index contributed by atoms with van der Waals surface area (Å²) in [4.78, 5) is 0. The summed E-state index contributed by atoms with van der Waals surface area (Å²) in [5.74, 6) is 0.627. The third-order valence-corrected chi connectivity index (χ3v) is 1.16. The topological polar surface area (TPSA) is 66.5 Å². The molecule has 2 N–H and O–H groups in total. The maximum absolute atomic E-state index is 8.97. The van der Waals surface area contributed by atoms with Gasteiger partial charge in [-0.3, -0.25) is 0 Å². The molecule has 56 valence electrons. The zero-order valence-electron chi connectivity index (χ0n) is 5.61. The fraction of sp³-hybridized carbons (Fsp3) is 0.500. The SMILES string of the molecule is Cc1cc(C(O)CO)no1. The van der Waals surface area contributed by atoms with E-state index >= 15 is 0 Å². The Morgan fingerprint density at radius 1 is 1.80 bits per heavy atom. The number of aromatic nitrogens is 1. The van der Waals surface area contributed by atoms with E-state index in [2.05, 4.69) is 9.68 Å². The van der Waals surface area contributed by atoms with E-state index in [9.17, 15) is 0 Å². The van der Waals surface area contributed by atoms with Crippen molar-refractivity contribution < 1.29 is 14.7 Å². The Bertz CT molecular complexity index is 209. The van der Waals surface area contributed by atoms with Gasteiger partial charge in [-0.05, 0) is 6.92 Å². The largest absolute Gasteiger partial charge is 0.393 e. The van der Waals surface area contributed by atoms with Gasteiger partial charge in [0.25, 0.3) is 0 Å². The number of hydrogen-bond donors (Lipinski definition) is 2. The van der Waals surface area contributed by atoms with Crippen molar-refractivity contribution >= 4 is 0 Å². The summed E-state index contributed by atoms with van der Waals surface area (Å²) in [6.45, 7) is 1.40. The Morgan fingerprint density at radius 3 is 2.90 bits per heavy atom. The van der Waals surface area contributed by atoms with E-state index in [1.807, 2.05) is 0 Å². The quantitative estimate of drug-likeness (QED) is 0.612. The van der Waals surface area contributed by atoms with Crippen LogP contribution in [0, 0.1) is 6.92 Å². The molecule has 4 heteroatoms. The summed E-state index contributed by atoms with van der Waals surface area (Å²) < 4.78 is 4.67. The van der Waals surface area contributed by atoms with Crippen LogP contribution in [0.4, 0.5) is 0 Å². The van der Waals surface area contributed by atoms with Gasteiger partial charge in [0.2, 0.25) is 0 Å². The van der Waals surface area contributed by atoms with Crippen LogP contribution in [0.15, 0.2) is 10.6 Å². The lowest BCUT2D eigenvalue weighted by molar-refractivity contribution is 0.0893. The monoisotopic (exact) mass is 143 g/mol. The third kappa shape index (κ3) is 1.34. The van der Waals surface area contributed by atoms with E-state index in [4.69, 9.17) is 10.2 Å². The fourth-order valence-electron chi connectivity index (χ4n) is 0.636. The van der Waals surface area contributed by atoms with Gasteiger partial charge < -0.3 is 14.7 Å².